The lowest BCUT2D eigenvalue weighted by atomic mass is 10.1. The molecule has 0 spiro atoms. The molecule has 0 aromatic heterocycles. The minimum Gasteiger partial charge on any atom is -0.464 e. The maximum Gasteiger partial charge on any atom is 0.332 e. The molecular formula is C19H27ClO5. The van der Waals surface area contributed by atoms with Crippen LogP contribution in [0, 0.1) is 0 Å². The average Bonchev–Trinajstić information content (AvgIpc) is 2.60. The van der Waals surface area contributed by atoms with Crippen molar-refractivity contribution in [2.24, 2.45) is 0 Å². The minimum atomic E-state index is -0.529. The molecule has 5 nitrogen and oxygen atoms in total. The second-order valence-electron chi connectivity index (χ2n) is 5.77. The Labute approximate surface area is 154 Å². The van der Waals surface area contributed by atoms with Crippen LogP contribution in [0.4, 0.5) is 0 Å². The predicted octanol–water partition coefficient (Wildman–Crippen LogP) is 4.30. The summed E-state index contributed by atoms with van der Waals surface area (Å²) in [6.45, 7) is 2.19. The normalized spacial score (nSPS) is 10.5. The van der Waals surface area contributed by atoms with Gasteiger partial charge in [-0.05, 0) is 24.1 Å². The molecule has 0 N–H and O–H groups in total. The van der Waals surface area contributed by atoms with Crippen molar-refractivity contribution in [3.8, 4) is 0 Å². The summed E-state index contributed by atoms with van der Waals surface area (Å²) in [5, 5.41) is 0.623. The Hall–Kier alpha value is -1.59. The van der Waals surface area contributed by atoms with E-state index in [0.29, 0.717) is 11.6 Å². The molecule has 0 bridgehead atoms. The summed E-state index contributed by atoms with van der Waals surface area (Å²) < 4.78 is 15.1. The van der Waals surface area contributed by atoms with E-state index >= 15 is 0 Å². The maximum absolute atomic E-state index is 11.5. The van der Waals surface area contributed by atoms with Crippen LogP contribution < -0.4 is 0 Å². The first kappa shape index (κ1) is 21.5. The van der Waals surface area contributed by atoms with Crippen molar-refractivity contribution in [1.82, 2.24) is 0 Å². The van der Waals surface area contributed by atoms with Gasteiger partial charge in [0.2, 0.25) is 0 Å². The van der Waals surface area contributed by atoms with Gasteiger partial charge in [-0.3, -0.25) is 0 Å². The van der Waals surface area contributed by atoms with Gasteiger partial charge < -0.3 is 14.2 Å². The summed E-state index contributed by atoms with van der Waals surface area (Å²) in [5.74, 6) is -0.988. The highest BCUT2D eigenvalue weighted by Gasteiger charge is 2.07. The van der Waals surface area contributed by atoms with Gasteiger partial charge in [-0.2, -0.15) is 0 Å². The lowest BCUT2D eigenvalue weighted by Crippen LogP contribution is -2.18. The zero-order valence-electron chi connectivity index (χ0n) is 14.8. The van der Waals surface area contributed by atoms with E-state index in [9.17, 15) is 9.59 Å². The smallest absolute Gasteiger partial charge is 0.332 e. The molecule has 0 aliphatic carbocycles. The monoisotopic (exact) mass is 370 g/mol. The van der Waals surface area contributed by atoms with Gasteiger partial charge in [-0.1, -0.05) is 62.8 Å². The van der Waals surface area contributed by atoms with Crippen molar-refractivity contribution in [3.05, 3.63) is 34.9 Å². The molecule has 0 amide bonds. The lowest BCUT2D eigenvalue weighted by Gasteiger charge is -2.07. The van der Waals surface area contributed by atoms with E-state index < -0.39 is 11.9 Å². The number of halogens is 1. The Kier molecular flexibility index (Phi) is 11.7. The number of hydrogen-bond acceptors (Lipinski definition) is 5. The summed E-state index contributed by atoms with van der Waals surface area (Å²) >= 11 is 5.77. The zero-order valence-corrected chi connectivity index (χ0v) is 15.6. The maximum atomic E-state index is 11.5. The van der Waals surface area contributed by atoms with Crippen molar-refractivity contribution in [1.29, 1.82) is 0 Å². The molecule has 0 fully saturated rings. The van der Waals surface area contributed by atoms with Gasteiger partial charge >= 0.3 is 11.9 Å². The predicted molar refractivity (Wildman–Crippen MR) is 96.4 cm³/mol. The van der Waals surface area contributed by atoms with E-state index in [1.807, 2.05) is 0 Å². The first-order valence-electron chi connectivity index (χ1n) is 8.75. The SMILES string of the molecule is CCCCCCCCOC(=O)COCC(=O)OCc1ccc(Cl)cc1. The van der Waals surface area contributed by atoms with Gasteiger partial charge in [0.05, 0.1) is 6.61 Å². The molecular weight excluding hydrogens is 344 g/mol. The summed E-state index contributed by atoms with van der Waals surface area (Å²) in [5.41, 5.74) is 0.830. The van der Waals surface area contributed by atoms with Crippen LogP contribution in [-0.2, 0) is 30.4 Å². The number of rotatable bonds is 13. The van der Waals surface area contributed by atoms with Crippen molar-refractivity contribution in [2.75, 3.05) is 19.8 Å². The Balaban J connectivity index is 1.99. The van der Waals surface area contributed by atoms with E-state index in [0.717, 1.165) is 18.4 Å². The standard InChI is InChI=1S/C19H27ClO5/c1-2-3-4-5-6-7-12-24-18(21)14-23-15-19(22)25-13-16-8-10-17(20)11-9-16/h8-11H,2-7,12-15H2,1H3. The molecule has 6 heteroatoms. The number of unbranched alkanes of at least 4 members (excludes halogenated alkanes) is 5. The molecule has 0 saturated heterocycles. The fourth-order valence-electron chi connectivity index (χ4n) is 2.11. The second kappa shape index (κ2) is 13.7. The topological polar surface area (TPSA) is 61.8 Å². The van der Waals surface area contributed by atoms with Gasteiger partial charge in [0.1, 0.15) is 19.8 Å². The molecule has 140 valence electrons. The molecule has 1 rings (SSSR count). The Morgan fingerprint density at radius 1 is 0.880 bits per heavy atom. The van der Waals surface area contributed by atoms with Gasteiger partial charge in [-0.15, -0.1) is 0 Å². The molecule has 0 saturated carbocycles. The number of esters is 2. The van der Waals surface area contributed by atoms with Gasteiger partial charge in [-0.25, -0.2) is 9.59 Å². The second-order valence-corrected chi connectivity index (χ2v) is 6.20. The quantitative estimate of drug-likeness (QED) is 0.382. The number of hydrogen-bond donors (Lipinski definition) is 0. The first-order chi connectivity index (χ1) is 12.1. The van der Waals surface area contributed by atoms with Crippen molar-refractivity contribution in [3.63, 3.8) is 0 Å². The summed E-state index contributed by atoms with van der Waals surface area (Å²) in [7, 11) is 0. The largest absolute Gasteiger partial charge is 0.464 e. The molecule has 0 radical (unpaired) electrons. The van der Waals surface area contributed by atoms with Crippen LogP contribution in [0.25, 0.3) is 0 Å². The minimum absolute atomic E-state index is 0.141. The first-order valence-corrected chi connectivity index (χ1v) is 9.13. The third-order valence-corrected chi connectivity index (χ3v) is 3.77. The van der Waals surface area contributed by atoms with Crippen LogP contribution >= 0.6 is 11.6 Å². The van der Waals surface area contributed by atoms with E-state index in [1.165, 1.54) is 25.7 Å². The number of benzene rings is 1. The van der Waals surface area contributed by atoms with E-state index in [2.05, 4.69) is 6.92 Å². The van der Waals surface area contributed by atoms with Gasteiger partial charge in [0.25, 0.3) is 0 Å². The third-order valence-electron chi connectivity index (χ3n) is 3.51. The molecule has 1 aromatic carbocycles. The van der Waals surface area contributed by atoms with Crippen LogP contribution in [0.1, 0.15) is 51.0 Å². The highest BCUT2D eigenvalue weighted by Crippen LogP contribution is 2.10. The third kappa shape index (κ3) is 11.6. The molecule has 0 atom stereocenters. The van der Waals surface area contributed by atoms with E-state index in [1.54, 1.807) is 24.3 Å². The summed E-state index contributed by atoms with van der Waals surface area (Å²) in [6.07, 6.45) is 6.78. The van der Waals surface area contributed by atoms with Crippen LogP contribution in [0.15, 0.2) is 24.3 Å². The Morgan fingerprint density at radius 3 is 2.16 bits per heavy atom. The molecule has 0 heterocycles. The highest BCUT2D eigenvalue weighted by atomic mass is 35.5. The van der Waals surface area contributed by atoms with Crippen LogP contribution in [0.3, 0.4) is 0 Å². The molecule has 25 heavy (non-hydrogen) atoms. The summed E-state index contributed by atoms with van der Waals surface area (Å²) in [4.78, 5) is 23.0. The van der Waals surface area contributed by atoms with Gasteiger partial charge in [0.15, 0.2) is 0 Å². The number of ether oxygens (including phenoxy) is 3. The average molecular weight is 371 g/mol. The van der Waals surface area contributed by atoms with Crippen molar-refractivity contribution < 1.29 is 23.8 Å². The fraction of sp³-hybridized carbons (Fsp3) is 0.579. The lowest BCUT2D eigenvalue weighted by molar-refractivity contribution is -0.156. The highest BCUT2D eigenvalue weighted by molar-refractivity contribution is 6.30. The number of carbonyl (C=O) groups is 2. The van der Waals surface area contributed by atoms with Crippen LogP contribution in [-0.4, -0.2) is 31.8 Å². The Bertz CT molecular complexity index is 501. The number of carbonyl (C=O) groups excluding carboxylic acids is 2. The molecule has 0 unspecified atom stereocenters. The van der Waals surface area contributed by atoms with Crippen LogP contribution in [0.5, 0.6) is 0 Å². The summed E-state index contributed by atoms with van der Waals surface area (Å²) in [6, 6.07) is 6.99. The van der Waals surface area contributed by atoms with E-state index in [4.69, 9.17) is 25.8 Å². The molecule has 0 aliphatic heterocycles. The molecule has 1 aromatic rings. The van der Waals surface area contributed by atoms with Crippen molar-refractivity contribution in [2.45, 2.75) is 52.1 Å². The van der Waals surface area contributed by atoms with Crippen LogP contribution in [0.2, 0.25) is 5.02 Å². The molecule has 0 aliphatic rings. The fourth-order valence-corrected chi connectivity index (χ4v) is 2.24. The van der Waals surface area contributed by atoms with E-state index in [-0.39, 0.29) is 19.8 Å². The van der Waals surface area contributed by atoms with Crippen molar-refractivity contribution >= 4 is 23.5 Å². The Morgan fingerprint density at radius 2 is 1.48 bits per heavy atom. The van der Waals surface area contributed by atoms with Gasteiger partial charge in [0, 0.05) is 5.02 Å². The zero-order chi connectivity index (χ0) is 18.3.